The highest BCUT2D eigenvalue weighted by molar-refractivity contribution is 5.96. The van der Waals surface area contributed by atoms with Crippen molar-refractivity contribution in [1.82, 2.24) is 15.4 Å². The molecule has 0 aliphatic heterocycles. The molecular weight excluding hydrogens is 242 g/mol. The molecule has 2 rings (SSSR count). The molecule has 0 fully saturated rings. The Morgan fingerprint density at radius 1 is 1.33 bits per heavy atom. The molecule has 0 spiro atoms. The largest absolute Gasteiger partial charge is 0.364 e. The number of nitrogens with zero attached hydrogens (tertiary/aromatic N) is 2. The second kappa shape index (κ2) is 4.52. The summed E-state index contributed by atoms with van der Waals surface area (Å²) >= 11 is 0. The number of benzene rings is 1. The molecule has 5 nitrogen and oxygen atoms in total. The summed E-state index contributed by atoms with van der Waals surface area (Å²) < 4.78 is 27.5. The molecule has 1 aromatic carbocycles. The van der Waals surface area contributed by atoms with E-state index in [1.807, 2.05) is 0 Å². The van der Waals surface area contributed by atoms with Crippen molar-refractivity contribution in [3.63, 3.8) is 0 Å². The van der Waals surface area contributed by atoms with Crippen LogP contribution in [0.25, 0.3) is 11.3 Å². The summed E-state index contributed by atoms with van der Waals surface area (Å²) in [5.74, 6) is -2.88. The van der Waals surface area contributed by atoms with E-state index >= 15 is 0 Å². The molecule has 2 aromatic rings. The lowest BCUT2D eigenvalue weighted by Crippen LogP contribution is -2.13. The van der Waals surface area contributed by atoms with Crippen molar-refractivity contribution >= 4 is 5.91 Å². The molecule has 94 valence electrons. The van der Waals surface area contributed by atoms with Gasteiger partial charge in [-0.2, -0.15) is 15.4 Å². The zero-order valence-electron chi connectivity index (χ0n) is 9.50. The SMILES string of the molecule is CCc1ccc(-c2n[nH]nc2C(N)=O)c(F)c1F. The third kappa shape index (κ3) is 1.83. The smallest absolute Gasteiger partial charge is 0.271 e. The molecule has 3 N–H and O–H groups in total. The summed E-state index contributed by atoms with van der Waals surface area (Å²) in [7, 11) is 0. The average molecular weight is 252 g/mol. The van der Waals surface area contributed by atoms with E-state index < -0.39 is 17.5 Å². The van der Waals surface area contributed by atoms with Gasteiger partial charge in [-0.05, 0) is 18.1 Å². The quantitative estimate of drug-likeness (QED) is 0.866. The highest BCUT2D eigenvalue weighted by atomic mass is 19.2. The van der Waals surface area contributed by atoms with Gasteiger partial charge in [0, 0.05) is 5.56 Å². The third-order valence-corrected chi connectivity index (χ3v) is 2.58. The van der Waals surface area contributed by atoms with Gasteiger partial charge in [0.2, 0.25) is 0 Å². The summed E-state index contributed by atoms with van der Waals surface area (Å²) in [5.41, 5.74) is 4.85. The molecule has 1 heterocycles. The van der Waals surface area contributed by atoms with Crippen LogP contribution >= 0.6 is 0 Å². The van der Waals surface area contributed by atoms with E-state index in [-0.39, 0.29) is 22.5 Å². The predicted octanol–water partition coefficient (Wildman–Crippen LogP) is 1.41. The molecule has 0 aliphatic carbocycles. The van der Waals surface area contributed by atoms with E-state index in [0.717, 1.165) is 0 Å². The summed E-state index contributed by atoms with van der Waals surface area (Å²) in [6.45, 7) is 1.71. The van der Waals surface area contributed by atoms with Crippen molar-refractivity contribution in [1.29, 1.82) is 0 Å². The fourth-order valence-corrected chi connectivity index (χ4v) is 1.64. The molecule has 0 unspecified atom stereocenters. The minimum atomic E-state index is -1.06. The lowest BCUT2D eigenvalue weighted by molar-refractivity contribution is 0.0996. The fourth-order valence-electron chi connectivity index (χ4n) is 1.64. The minimum absolute atomic E-state index is 0.0958. The van der Waals surface area contributed by atoms with Crippen LogP contribution in [0.1, 0.15) is 23.0 Å². The van der Waals surface area contributed by atoms with Gasteiger partial charge >= 0.3 is 0 Å². The minimum Gasteiger partial charge on any atom is -0.364 e. The second-order valence-electron chi connectivity index (χ2n) is 3.64. The van der Waals surface area contributed by atoms with Gasteiger partial charge < -0.3 is 5.73 Å². The number of hydrogen-bond donors (Lipinski definition) is 2. The van der Waals surface area contributed by atoms with E-state index in [2.05, 4.69) is 15.4 Å². The Bertz CT molecular complexity index is 609. The van der Waals surface area contributed by atoms with Crippen LogP contribution in [0.15, 0.2) is 12.1 Å². The zero-order valence-corrected chi connectivity index (χ0v) is 9.50. The maximum absolute atomic E-state index is 13.8. The number of hydrogen-bond acceptors (Lipinski definition) is 3. The number of nitrogens with one attached hydrogen (secondary N) is 1. The molecule has 0 atom stereocenters. The monoisotopic (exact) mass is 252 g/mol. The maximum atomic E-state index is 13.8. The summed E-state index contributed by atoms with van der Waals surface area (Å²) in [4.78, 5) is 11.1. The lowest BCUT2D eigenvalue weighted by atomic mass is 10.0. The first-order chi connectivity index (χ1) is 8.56. The van der Waals surface area contributed by atoms with Crippen molar-refractivity contribution in [2.45, 2.75) is 13.3 Å². The molecule has 0 bridgehead atoms. The average Bonchev–Trinajstić information content (AvgIpc) is 2.81. The highest BCUT2D eigenvalue weighted by Crippen LogP contribution is 2.26. The predicted molar refractivity (Wildman–Crippen MR) is 59.6 cm³/mol. The number of rotatable bonds is 3. The molecule has 18 heavy (non-hydrogen) atoms. The normalized spacial score (nSPS) is 10.6. The summed E-state index contributed by atoms with van der Waals surface area (Å²) in [6.07, 6.45) is 0.366. The number of aromatic nitrogens is 3. The van der Waals surface area contributed by atoms with E-state index in [1.165, 1.54) is 12.1 Å². The van der Waals surface area contributed by atoms with E-state index in [9.17, 15) is 13.6 Å². The van der Waals surface area contributed by atoms with Gasteiger partial charge in [0.25, 0.3) is 5.91 Å². The van der Waals surface area contributed by atoms with Gasteiger partial charge in [-0.1, -0.05) is 13.0 Å². The van der Waals surface area contributed by atoms with Crippen LogP contribution < -0.4 is 5.73 Å². The first-order valence-corrected chi connectivity index (χ1v) is 5.24. The zero-order chi connectivity index (χ0) is 13.3. The number of carbonyl (C=O) groups is 1. The van der Waals surface area contributed by atoms with Gasteiger partial charge in [-0.15, -0.1) is 0 Å². The van der Waals surface area contributed by atoms with Crippen molar-refractivity contribution in [3.8, 4) is 11.3 Å². The second-order valence-corrected chi connectivity index (χ2v) is 3.64. The Balaban J connectivity index is 2.62. The lowest BCUT2D eigenvalue weighted by Gasteiger charge is -2.05. The Morgan fingerprint density at radius 2 is 2.06 bits per heavy atom. The number of H-pyrrole nitrogens is 1. The van der Waals surface area contributed by atoms with Gasteiger partial charge in [-0.3, -0.25) is 4.79 Å². The third-order valence-electron chi connectivity index (χ3n) is 2.58. The topological polar surface area (TPSA) is 84.7 Å². The van der Waals surface area contributed by atoms with Crippen molar-refractivity contribution < 1.29 is 13.6 Å². The molecule has 0 aliphatic rings. The Morgan fingerprint density at radius 3 is 2.67 bits per heavy atom. The van der Waals surface area contributed by atoms with Gasteiger partial charge in [-0.25, -0.2) is 8.78 Å². The highest BCUT2D eigenvalue weighted by Gasteiger charge is 2.21. The number of nitrogens with two attached hydrogens (primary N) is 1. The molecule has 1 aromatic heterocycles. The molecule has 0 saturated heterocycles. The first kappa shape index (κ1) is 12.2. The molecular formula is C11H10F2N4O. The standard InChI is InChI=1S/C11H10F2N4O/c1-2-5-3-4-6(8(13)7(5)12)9-10(11(14)18)16-17-15-9/h3-4H,2H2,1H3,(H2,14,18)(H,15,16,17). The van der Waals surface area contributed by atoms with Gasteiger partial charge in [0.15, 0.2) is 17.3 Å². The first-order valence-electron chi connectivity index (χ1n) is 5.24. The number of aryl methyl sites for hydroxylation is 1. The van der Waals surface area contributed by atoms with E-state index in [1.54, 1.807) is 6.92 Å². The van der Waals surface area contributed by atoms with Crippen LogP contribution in [0.3, 0.4) is 0 Å². The molecule has 7 heteroatoms. The van der Waals surface area contributed by atoms with Crippen LogP contribution in [0.2, 0.25) is 0 Å². The Kier molecular flexibility index (Phi) is 3.05. The number of halogens is 2. The van der Waals surface area contributed by atoms with E-state index in [0.29, 0.717) is 6.42 Å². The van der Waals surface area contributed by atoms with E-state index in [4.69, 9.17) is 5.73 Å². The van der Waals surface area contributed by atoms with Crippen LogP contribution in [-0.2, 0) is 6.42 Å². The fraction of sp³-hybridized carbons (Fsp3) is 0.182. The van der Waals surface area contributed by atoms with Gasteiger partial charge in [0.1, 0.15) is 5.69 Å². The van der Waals surface area contributed by atoms with Crippen molar-refractivity contribution in [2.24, 2.45) is 5.73 Å². The van der Waals surface area contributed by atoms with Crippen LogP contribution in [0.5, 0.6) is 0 Å². The van der Waals surface area contributed by atoms with Crippen LogP contribution in [-0.4, -0.2) is 21.3 Å². The van der Waals surface area contributed by atoms with Gasteiger partial charge in [0.05, 0.1) is 0 Å². The number of primary amides is 1. The number of aromatic amines is 1. The van der Waals surface area contributed by atoms with Crippen molar-refractivity contribution in [3.05, 3.63) is 35.0 Å². The molecule has 0 radical (unpaired) electrons. The summed E-state index contributed by atoms with van der Waals surface area (Å²) in [5, 5.41) is 9.29. The molecule has 1 amide bonds. The van der Waals surface area contributed by atoms with Crippen LogP contribution in [0, 0.1) is 11.6 Å². The van der Waals surface area contributed by atoms with Crippen molar-refractivity contribution in [2.75, 3.05) is 0 Å². The van der Waals surface area contributed by atoms with Crippen LogP contribution in [0.4, 0.5) is 8.78 Å². The Hall–Kier alpha value is -2.31. The number of carbonyl (C=O) groups excluding carboxylic acids is 1. The molecule has 0 saturated carbocycles. The maximum Gasteiger partial charge on any atom is 0.271 e. The summed E-state index contributed by atoms with van der Waals surface area (Å²) in [6, 6.07) is 2.79. The Labute approximate surface area is 101 Å². The number of amides is 1.